The van der Waals surface area contributed by atoms with Gasteiger partial charge in [-0.1, -0.05) is 17.7 Å². The second kappa shape index (κ2) is 4.61. The molecule has 0 heterocycles. The van der Waals surface area contributed by atoms with Gasteiger partial charge in [-0.2, -0.15) is 0 Å². The number of carboxylic acids is 2. The zero-order valence-corrected chi connectivity index (χ0v) is 8.23. The Balaban J connectivity index is 3.03. The predicted octanol–water partition coefficient (Wildman–Crippen LogP) is 2.14. The van der Waals surface area contributed by atoms with E-state index in [1.807, 2.05) is 0 Å². The van der Waals surface area contributed by atoms with Gasteiger partial charge in [0, 0.05) is 11.1 Å². The second-order valence-electron chi connectivity index (χ2n) is 2.71. The van der Waals surface area contributed by atoms with Gasteiger partial charge in [0.25, 0.3) is 0 Å². The molecule has 0 fully saturated rings. The predicted molar refractivity (Wildman–Crippen MR) is 55.1 cm³/mol. The molecule has 0 aliphatic heterocycles. The summed E-state index contributed by atoms with van der Waals surface area (Å²) in [5.41, 5.74) is 0.525. The summed E-state index contributed by atoms with van der Waals surface area (Å²) in [5, 5.41) is 17.2. The van der Waals surface area contributed by atoms with E-state index in [2.05, 4.69) is 0 Å². The molecule has 0 amide bonds. The van der Waals surface area contributed by atoms with Crippen LogP contribution in [-0.4, -0.2) is 22.2 Å². The van der Waals surface area contributed by atoms with Crippen LogP contribution in [0.5, 0.6) is 0 Å². The number of carboxylic acid groups (broad SMARTS) is 2. The van der Waals surface area contributed by atoms with E-state index in [0.717, 1.165) is 6.08 Å². The summed E-state index contributed by atoms with van der Waals surface area (Å²) in [6.07, 6.45) is 2.23. The van der Waals surface area contributed by atoms with Crippen molar-refractivity contribution in [2.75, 3.05) is 0 Å². The average Bonchev–Trinajstić information content (AvgIpc) is 2.15. The molecule has 0 atom stereocenters. The maximum atomic E-state index is 10.6. The zero-order valence-electron chi connectivity index (χ0n) is 7.48. The maximum absolute atomic E-state index is 10.6. The van der Waals surface area contributed by atoms with Crippen molar-refractivity contribution in [3.8, 4) is 0 Å². The quantitative estimate of drug-likeness (QED) is 0.775. The summed E-state index contributed by atoms with van der Waals surface area (Å²) in [6.45, 7) is 0. The standard InChI is InChI=1S/C10H7ClO4/c11-8-5-7(10(14)15)2-1-6(8)3-4-9(12)13/h1-5H,(H,12,13)(H,14,15)/b4-3+. The lowest BCUT2D eigenvalue weighted by Crippen LogP contribution is -1.96. The van der Waals surface area contributed by atoms with Gasteiger partial charge in [0.15, 0.2) is 0 Å². The smallest absolute Gasteiger partial charge is 0.335 e. The van der Waals surface area contributed by atoms with Gasteiger partial charge in [-0.15, -0.1) is 0 Å². The highest BCUT2D eigenvalue weighted by atomic mass is 35.5. The third-order valence-electron chi connectivity index (χ3n) is 1.65. The monoisotopic (exact) mass is 226 g/mol. The van der Waals surface area contributed by atoms with Crippen LogP contribution in [0.4, 0.5) is 0 Å². The van der Waals surface area contributed by atoms with Gasteiger partial charge in [0.05, 0.1) is 5.56 Å². The minimum atomic E-state index is -1.09. The highest BCUT2D eigenvalue weighted by Gasteiger charge is 2.05. The first-order chi connectivity index (χ1) is 7.00. The van der Waals surface area contributed by atoms with Gasteiger partial charge in [-0.25, -0.2) is 9.59 Å². The molecular formula is C10H7ClO4. The van der Waals surface area contributed by atoms with Gasteiger partial charge in [-0.3, -0.25) is 0 Å². The minimum Gasteiger partial charge on any atom is -0.478 e. The average molecular weight is 227 g/mol. The van der Waals surface area contributed by atoms with Gasteiger partial charge in [0.2, 0.25) is 0 Å². The van der Waals surface area contributed by atoms with Crippen LogP contribution in [0.2, 0.25) is 5.02 Å². The van der Waals surface area contributed by atoms with Crippen molar-refractivity contribution in [2.45, 2.75) is 0 Å². The van der Waals surface area contributed by atoms with Crippen LogP contribution in [0.15, 0.2) is 24.3 Å². The second-order valence-corrected chi connectivity index (χ2v) is 3.12. The number of aromatic carboxylic acids is 1. The number of aliphatic carboxylic acids is 1. The summed E-state index contributed by atoms with van der Waals surface area (Å²) in [4.78, 5) is 20.8. The molecule has 5 heteroatoms. The molecule has 0 radical (unpaired) electrons. The van der Waals surface area contributed by atoms with Crippen LogP contribution in [0.1, 0.15) is 15.9 Å². The summed E-state index contributed by atoms with van der Waals surface area (Å²) in [7, 11) is 0. The Labute approximate surface area is 90.4 Å². The van der Waals surface area contributed by atoms with Crippen molar-refractivity contribution in [1.82, 2.24) is 0 Å². The fraction of sp³-hybridized carbons (Fsp3) is 0. The van der Waals surface area contributed by atoms with E-state index in [-0.39, 0.29) is 10.6 Å². The molecule has 0 aliphatic carbocycles. The third-order valence-corrected chi connectivity index (χ3v) is 1.98. The Kier molecular flexibility index (Phi) is 3.46. The fourth-order valence-corrected chi connectivity index (χ4v) is 1.20. The number of benzene rings is 1. The first-order valence-corrected chi connectivity index (χ1v) is 4.32. The van der Waals surface area contributed by atoms with Crippen molar-refractivity contribution in [1.29, 1.82) is 0 Å². The van der Waals surface area contributed by atoms with E-state index in [4.69, 9.17) is 21.8 Å². The molecule has 15 heavy (non-hydrogen) atoms. The molecule has 0 saturated carbocycles. The van der Waals surface area contributed by atoms with E-state index in [0.29, 0.717) is 5.56 Å². The molecule has 0 aliphatic rings. The topological polar surface area (TPSA) is 74.6 Å². The molecule has 0 bridgehead atoms. The number of halogens is 1. The van der Waals surface area contributed by atoms with E-state index < -0.39 is 11.9 Å². The highest BCUT2D eigenvalue weighted by molar-refractivity contribution is 6.32. The summed E-state index contributed by atoms with van der Waals surface area (Å²) in [5.74, 6) is -2.17. The van der Waals surface area contributed by atoms with Crippen molar-refractivity contribution >= 4 is 29.6 Å². The molecule has 78 valence electrons. The number of rotatable bonds is 3. The van der Waals surface area contributed by atoms with Crippen LogP contribution in [0, 0.1) is 0 Å². The van der Waals surface area contributed by atoms with Crippen molar-refractivity contribution in [3.05, 3.63) is 40.4 Å². The first kappa shape index (κ1) is 11.3. The third kappa shape index (κ3) is 3.11. The Bertz CT molecular complexity index is 437. The Morgan fingerprint density at radius 2 is 1.93 bits per heavy atom. The molecule has 2 N–H and O–H groups in total. The molecule has 0 saturated heterocycles. The Morgan fingerprint density at radius 1 is 1.27 bits per heavy atom. The van der Waals surface area contributed by atoms with Crippen LogP contribution in [0.3, 0.4) is 0 Å². The lowest BCUT2D eigenvalue weighted by atomic mass is 10.1. The summed E-state index contributed by atoms with van der Waals surface area (Å²) in [6, 6.07) is 4.08. The first-order valence-electron chi connectivity index (χ1n) is 3.94. The van der Waals surface area contributed by atoms with Gasteiger partial charge >= 0.3 is 11.9 Å². The highest BCUT2D eigenvalue weighted by Crippen LogP contribution is 2.19. The Hall–Kier alpha value is -1.81. The number of hydrogen-bond acceptors (Lipinski definition) is 2. The van der Waals surface area contributed by atoms with Crippen molar-refractivity contribution < 1.29 is 19.8 Å². The molecule has 0 unspecified atom stereocenters. The molecule has 0 spiro atoms. The normalized spacial score (nSPS) is 10.5. The Morgan fingerprint density at radius 3 is 2.40 bits per heavy atom. The summed E-state index contributed by atoms with van der Waals surface area (Å²) < 4.78 is 0. The molecule has 0 aromatic heterocycles. The minimum absolute atomic E-state index is 0.0625. The van der Waals surface area contributed by atoms with E-state index in [9.17, 15) is 9.59 Å². The number of carbonyl (C=O) groups is 2. The van der Waals surface area contributed by atoms with Crippen LogP contribution < -0.4 is 0 Å². The lowest BCUT2D eigenvalue weighted by Gasteiger charge is -1.99. The lowest BCUT2D eigenvalue weighted by molar-refractivity contribution is -0.131. The van der Waals surface area contributed by atoms with Gasteiger partial charge in [-0.05, 0) is 23.8 Å². The number of hydrogen-bond donors (Lipinski definition) is 2. The van der Waals surface area contributed by atoms with Gasteiger partial charge in [0.1, 0.15) is 0 Å². The van der Waals surface area contributed by atoms with Crippen molar-refractivity contribution in [3.63, 3.8) is 0 Å². The van der Waals surface area contributed by atoms with E-state index in [1.54, 1.807) is 0 Å². The molecule has 4 nitrogen and oxygen atoms in total. The molecule has 1 aromatic carbocycles. The fourth-order valence-electron chi connectivity index (χ4n) is 0.956. The van der Waals surface area contributed by atoms with Crippen LogP contribution in [-0.2, 0) is 4.79 Å². The molecular weight excluding hydrogens is 220 g/mol. The van der Waals surface area contributed by atoms with E-state index >= 15 is 0 Å². The SMILES string of the molecule is O=C(O)/C=C/c1ccc(C(=O)O)cc1Cl. The van der Waals surface area contributed by atoms with Gasteiger partial charge < -0.3 is 10.2 Å². The van der Waals surface area contributed by atoms with E-state index in [1.165, 1.54) is 24.3 Å². The molecule has 1 aromatic rings. The summed E-state index contributed by atoms with van der Waals surface area (Å²) >= 11 is 5.75. The maximum Gasteiger partial charge on any atom is 0.335 e. The van der Waals surface area contributed by atoms with Crippen LogP contribution >= 0.6 is 11.6 Å². The largest absolute Gasteiger partial charge is 0.478 e. The zero-order chi connectivity index (χ0) is 11.4. The van der Waals surface area contributed by atoms with Crippen LogP contribution in [0.25, 0.3) is 6.08 Å². The molecule has 1 rings (SSSR count). The van der Waals surface area contributed by atoms with Crippen molar-refractivity contribution in [2.24, 2.45) is 0 Å².